The maximum absolute atomic E-state index is 12.2. The maximum atomic E-state index is 12.2. The predicted octanol–water partition coefficient (Wildman–Crippen LogP) is 3.66. The van der Waals surface area contributed by atoms with Gasteiger partial charge in [-0.05, 0) is 36.6 Å². The van der Waals surface area contributed by atoms with Gasteiger partial charge in [-0.1, -0.05) is 0 Å². The summed E-state index contributed by atoms with van der Waals surface area (Å²) in [7, 11) is 0. The van der Waals surface area contributed by atoms with Gasteiger partial charge in [-0.25, -0.2) is 9.59 Å². The van der Waals surface area contributed by atoms with E-state index in [1.807, 2.05) is 40.9 Å². The first kappa shape index (κ1) is 16.1. The van der Waals surface area contributed by atoms with Crippen molar-refractivity contribution in [1.82, 2.24) is 4.90 Å². The number of amides is 2. The first-order chi connectivity index (χ1) is 11.2. The topological polar surface area (TPSA) is 58.6 Å². The van der Waals surface area contributed by atoms with Gasteiger partial charge in [-0.15, -0.1) is 11.3 Å². The van der Waals surface area contributed by atoms with E-state index in [0.29, 0.717) is 11.5 Å². The van der Waals surface area contributed by atoms with Crippen LogP contribution in [0.1, 0.15) is 16.6 Å². The Kier molecular flexibility index (Phi) is 5.07. The molecule has 1 fully saturated rings. The largest absolute Gasteiger partial charge is 0.462 e. The zero-order valence-corrected chi connectivity index (χ0v) is 14.5. The smallest absolute Gasteiger partial charge is 0.348 e. The third kappa shape index (κ3) is 3.79. The fraction of sp³-hybridized carbons (Fsp3) is 0.375. The molecule has 122 valence electrons. The minimum atomic E-state index is -0.301. The minimum absolute atomic E-state index is 0.0644. The van der Waals surface area contributed by atoms with E-state index in [-0.39, 0.29) is 12.0 Å². The van der Waals surface area contributed by atoms with Gasteiger partial charge in [0.25, 0.3) is 0 Å². The van der Waals surface area contributed by atoms with Crippen molar-refractivity contribution in [2.24, 2.45) is 0 Å². The number of hydrogen-bond donors (Lipinski definition) is 1. The Morgan fingerprint density at radius 1 is 1.26 bits per heavy atom. The minimum Gasteiger partial charge on any atom is -0.462 e. The number of thiophene rings is 1. The molecule has 1 aromatic heterocycles. The molecule has 5 nitrogen and oxygen atoms in total. The van der Waals surface area contributed by atoms with Gasteiger partial charge in [0, 0.05) is 35.0 Å². The van der Waals surface area contributed by atoms with Crippen LogP contribution < -0.4 is 5.32 Å². The number of benzene rings is 1. The van der Waals surface area contributed by atoms with Crippen molar-refractivity contribution in [2.75, 3.05) is 36.5 Å². The average Bonchev–Trinajstić information content (AvgIpc) is 2.99. The molecule has 0 spiro atoms. The quantitative estimate of drug-likeness (QED) is 0.858. The van der Waals surface area contributed by atoms with Gasteiger partial charge in [-0.2, -0.15) is 11.8 Å². The van der Waals surface area contributed by atoms with Crippen molar-refractivity contribution >= 4 is 50.9 Å². The average molecular weight is 350 g/mol. The zero-order valence-electron chi connectivity index (χ0n) is 12.8. The van der Waals surface area contributed by atoms with Gasteiger partial charge in [0.15, 0.2) is 0 Å². The van der Waals surface area contributed by atoms with Crippen LogP contribution in [0.25, 0.3) is 10.1 Å². The van der Waals surface area contributed by atoms with E-state index in [1.165, 1.54) is 11.3 Å². The summed E-state index contributed by atoms with van der Waals surface area (Å²) in [5.74, 6) is 1.67. The number of esters is 1. The summed E-state index contributed by atoms with van der Waals surface area (Å²) in [5, 5.41) is 3.87. The summed E-state index contributed by atoms with van der Waals surface area (Å²) in [6.07, 6.45) is 0. The number of fused-ring (bicyclic) bond motifs is 1. The fourth-order valence-electron chi connectivity index (χ4n) is 2.39. The molecule has 0 radical (unpaired) electrons. The second kappa shape index (κ2) is 7.23. The van der Waals surface area contributed by atoms with Crippen LogP contribution in [0.2, 0.25) is 0 Å². The second-order valence-corrected chi connectivity index (χ2v) is 7.42. The molecule has 1 N–H and O–H groups in total. The van der Waals surface area contributed by atoms with Crippen molar-refractivity contribution in [1.29, 1.82) is 0 Å². The summed E-state index contributed by atoms with van der Waals surface area (Å²) in [4.78, 5) is 26.4. The maximum Gasteiger partial charge on any atom is 0.348 e. The van der Waals surface area contributed by atoms with Crippen LogP contribution in [0.4, 0.5) is 10.5 Å². The van der Waals surface area contributed by atoms with Crippen LogP contribution in [0, 0.1) is 0 Å². The molecule has 1 aromatic carbocycles. The number of nitrogens with zero attached hydrogens (tertiary/aromatic N) is 1. The molecule has 1 saturated heterocycles. The van der Waals surface area contributed by atoms with Gasteiger partial charge in [0.2, 0.25) is 0 Å². The SMILES string of the molecule is CCOC(=O)c1cc2cc(NC(=O)N3CCSCC3)ccc2s1. The lowest BCUT2D eigenvalue weighted by Gasteiger charge is -2.26. The number of thioether (sulfide) groups is 1. The van der Waals surface area contributed by atoms with Crippen molar-refractivity contribution < 1.29 is 14.3 Å². The van der Waals surface area contributed by atoms with Crippen LogP contribution in [0.5, 0.6) is 0 Å². The molecule has 0 unspecified atom stereocenters. The number of ether oxygens (including phenoxy) is 1. The van der Waals surface area contributed by atoms with E-state index < -0.39 is 0 Å². The Labute approximate surface area is 143 Å². The van der Waals surface area contributed by atoms with Gasteiger partial charge in [-0.3, -0.25) is 0 Å². The molecule has 2 aromatic rings. The normalized spacial score (nSPS) is 14.7. The number of hydrogen-bond acceptors (Lipinski definition) is 5. The molecule has 2 amide bonds. The van der Waals surface area contributed by atoms with Crippen LogP contribution in [-0.2, 0) is 4.74 Å². The monoisotopic (exact) mass is 350 g/mol. The van der Waals surface area contributed by atoms with Gasteiger partial charge >= 0.3 is 12.0 Å². The molecule has 3 rings (SSSR count). The molecule has 0 bridgehead atoms. The van der Waals surface area contributed by atoms with E-state index >= 15 is 0 Å². The number of rotatable bonds is 3. The van der Waals surface area contributed by atoms with Crippen LogP contribution in [-0.4, -0.2) is 48.1 Å². The summed E-state index contributed by atoms with van der Waals surface area (Å²) < 4.78 is 6.03. The molecule has 0 saturated carbocycles. The fourth-order valence-corrected chi connectivity index (χ4v) is 4.23. The first-order valence-electron chi connectivity index (χ1n) is 7.52. The Morgan fingerprint density at radius 2 is 2.04 bits per heavy atom. The van der Waals surface area contributed by atoms with Crippen molar-refractivity contribution in [2.45, 2.75) is 6.92 Å². The first-order valence-corrected chi connectivity index (χ1v) is 9.49. The molecule has 1 aliphatic heterocycles. The van der Waals surface area contributed by atoms with Crippen LogP contribution in [0.15, 0.2) is 24.3 Å². The number of nitrogens with one attached hydrogen (secondary N) is 1. The Morgan fingerprint density at radius 3 is 2.78 bits per heavy atom. The van der Waals surface area contributed by atoms with Crippen molar-refractivity contribution in [3.8, 4) is 0 Å². The Bertz CT molecular complexity index is 723. The molecule has 2 heterocycles. The third-order valence-electron chi connectivity index (χ3n) is 3.54. The highest BCUT2D eigenvalue weighted by atomic mass is 32.2. The summed E-state index contributed by atoms with van der Waals surface area (Å²) >= 11 is 3.27. The highest BCUT2D eigenvalue weighted by molar-refractivity contribution is 7.99. The number of urea groups is 1. The molecular formula is C16H18N2O3S2. The number of anilines is 1. The third-order valence-corrected chi connectivity index (χ3v) is 5.58. The molecular weight excluding hydrogens is 332 g/mol. The second-order valence-electron chi connectivity index (χ2n) is 5.11. The van der Waals surface area contributed by atoms with E-state index in [2.05, 4.69) is 5.32 Å². The van der Waals surface area contributed by atoms with Crippen molar-refractivity contribution in [3.05, 3.63) is 29.1 Å². The van der Waals surface area contributed by atoms with E-state index in [1.54, 1.807) is 6.92 Å². The van der Waals surface area contributed by atoms with Crippen LogP contribution >= 0.6 is 23.1 Å². The highest BCUT2D eigenvalue weighted by Gasteiger charge is 2.17. The summed E-state index contributed by atoms with van der Waals surface area (Å²) in [5.41, 5.74) is 0.744. The molecule has 0 atom stereocenters. The molecule has 7 heteroatoms. The molecule has 23 heavy (non-hydrogen) atoms. The predicted molar refractivity (Wildman–Crippen MR) is 95.7 cm³/mol. The molecule has 1 aliphatic rings. The Balaban J connectivity index is 1.74. The number of carbonyl (C=O) groups excluding carboxylic acids is 2. The van der Waals surface area contributed by atoms with E-state index in [9.17, 15) is 9.59 Å². The van der Waals surface area contributed by atoms with E-state index in [4.69, 9.17) is 4.74 Å². The lowest BCUT2D eigenvalue weighted by molar-refractivity contribution is 0.0532. The van der Waals surface area contributed by atoms with Gasteiger partial charge in [0.05, 0.1) is 6.61 Å². The number of carbonyl (C=O) groups is 2. The summed E-state index contributed by atoms with van der Waals surface area (Å²) in [6, 6.07) is 7.43. The van der Waals surface area contributed by atoms with Gasteiger partial charge < -0.3 is 15.0 Å². The molecule has 0 aliphatic carbocycles. The Hall–Kier alpha value is -1.73. The highest BCUT2D eigenvalue weighted by Crippen LogP contribution is 2.29. The van der Waals surface area contributed by atoms with Gasteiger partial charge in [0.1, 0.15) is 4.88 Å². The van der Waals surface area contributed by atoms with Crippen LogP contribution in [0.3, 0.4) is 0 Å². The zero-order chi connectivity index (χ0) is 16.2. The van der Waals surface area contributed by atoms with Crippen molar-refractivity contribution in [3.63, 3.8) is 0 Å². The standard InChI is InChI=1S/C16H18N2O3S2/c1-2-21-15(19)14-10-11-9-12(3-4-13(11)23-14)17-16(20)18-5-7-22-8-6-18/h3-4,9-10H,2,5-8H2,1H3,(H,17,20). The lowest BCUT2D eigenvalue weighted by Crippen LogP contribution is -2.40. The van der Waals surface area contributed by atoms with E-state index in [0.717, 1.165) is 40.4 Å². The summed E-state index contributed by atoms with van der Waals surface area (Å²) in [6.45, 7) is 3.72. The lowest BCUT2D eigenvalue weighted by atomic mass is 10.2.